The van der Waals surface area contributed by atoms with E-state index in [9.17, 15) is 8.42 Å². The van der Waals surface area contributed by atoms with Crippen LogP contribution >= 0.6 is 0 Å². The fourth-order valence-electron chi connectivity index (χ4n) is 2.13. The standard InChI is InChI=1S/C14H14N2O3S/c1-11-2-4-12(5-3-11)20(17,18)16-8-9-19-14-6-7-15-10-13(14)16/h2-7,10H,8-9H2,1H3. The van der Waals surface area contributed by atoms with Gasteiger partial charge in [-0.25, -0.2) is 8.42 Å². The van der Waals surface area contributed by atoms with Crippen molar-refractivity contribution in [3.8, 4) is 5.75 Å². The van der Waals surface area contributed by atoms with Crippen LogP contribution in [-0.2, 0) is 10.0 Å². The van der Waals surface area contributed by atoms with Gasteiger partial charge < -0.3 is 4.74 Å². The zero-order chi connectivity index (χ0) is 14.2. The van der Waals surface area contributed by atoms with Crippen molar-refractivity contribution in [2.45, 2.75) is 11.8 Å². The Morgan fingerprint density at radius 1 is 1.20 bits per heavy atom. The van der Waals surface area contributed by atoms with E-state index in [4.69, 9.17) is 4.74 Å². The summed E-state index contributed by atoms with van der Waals surface area (Å²) < 4.78 is 32.2. The molecule has 0 N–H and O–H groups in total. The number of rotatable bonds is 2. The second-order valence-corrected chi connectivity index (χ2v) is 6.44. The van der Waals surface area contributed by atoms with Crippen molar-refractivity contribution in [3.63, 3.8) is 0 Å². The normalized spacial score (nSPS) is 14.6. The minimum Gasteiger partial charge on any atom is -0.489 e. The van der Waals surface area contributed by atoms with Gasteiger partial charge in [0.2, 0.25) is 0 Å². The van der Waals surface area contributed by atoms with E-state index in [1.807, 2.05) is 6.92 Å². The molecule has 0 bridgehead atoms. The third-order valence-electron chi connectivity index (χ3n) is 3.19. The maximum atomic E-state index is 12.7. The smallest absolute Gasteiger partial charge is 0.264 e. The summed E-state index contributed by atoms with van der Waals surface area (Å²) in [5.41, 5.74) is 1.51. The molecule has 0 radical (unpaired) electrons. The first kappa shape index (κ1) is 12.9. The van der Waals surface area contributed by atoms with E-state index in [-0.39, 0.29) is 11.4 Å². The molecular weight excluding hydrogens is 276 g/mol. The van der Waals surface area contributed by atoms with Crippen molar-refractivity contribution in [3.05, 3.63) is 48.3 Å². The predicted octanol–water partition coefficient (Wildman–Crippen LogP) is 1.98. The molecule has 6 heteroatoms. The number of benzene rings is 1. The van der Waals surface area contributed by atoms with Gasteiger partial charge in [0.1, 0.15) is 18.0 Å². The topological polar surface area (TPSA) is 59.5 Å². The molecule has 0 spiro atoms. The molecule has 0 amide bonds. The van der Waals surface area contributed by atoms with Crippen LogP contribution in [-0.4, -0.2) is 26.6 Å². The van der Waals surface area contributed by atoms with E-state index in [0.717, 1.165) is 5.56 Å². The SMILES string of the molecule is Cc1ccc(S(=O)(=O)N2CCOc3ccncc32)cc1. The van der Waals surface area contributed by atoms with Crippen molar-refractivity contribution in [2.24, 2.45) is 0 Å². The lowest BCUT2D eigenvalue weighted by atomic mass is 10.2. The molecule has 5 nitrogen and oxygen atoms in total. The quantitative estimate of drug-likeness (QED) is 0.848. The van der Waals surface area contributed by atoms with Crippen molar-refractivity contribution in [1.82, 2.24) is 4.98 Å². The zero-order valence-electron chi connectivity index (χ0n) is 11.0. The lowest BCUT2D eigenvalue weighted by Crippen LogP contribution is -2.38. The molecule has 1 aromatic carbocycles. The van der Waals surface area contributed by atoms with Gasteiger partial charge in [0, 0.05) is 12.3 Å². The first-order chi connectivity index (χ1) is 9.59. The molecule has 1 aliphatic heterocycles. The molecule has 0 saturated carbocycles. The van der Waals surface area contributed by atoms with Crippen molar-refractivity contribution in [2.75, 3.05) is 17.5 Å². The van der Waals surface area contributed by atoms with Crippen LogP contribution in [0.5, 0.6) is 5.75 Å². The summed E-state index contributed by atoms with van der Waals surface area (Å²) in [7, 11) is -3.58. The Hall–Kier alpha value is -2.08. The Labute approximate surface area is 117 Å². The Kier molecular flexibility index (Phi) is 3.10. The van der Waals surface area contributed by atoms with Crippen LogP contribution in [0.15, 0.2) is 47.6 Å². The summed E-state index contributed by atoms with van der Waals surface area (Å²) in [5.74, 6) is 0.543. The number of aryl methyl sites for hydroxylation is 1. The molecule has 2 heterocycles. The van der Waals surface area contributed by atoms with E-state index in [0.29, 0.717) is 18.0 Å². The highest BCUT2D eigenvalue weighted by atomic mass is 32.2. The lowest BCUT2D eigenvalue weighted by Gasteiger charge is -2.29. The molecule has 3 rings (SSSR count). The Morgan fingerprint density at radius 3 is 2.70 bits per heavy atom. The highest BCUT2D eigenvalue weighted by Gasteiger charge is 2.30. The minimum absolute atomic E-state index is 0.278. The van der Waals surface area contributed by atoms with Crippen LogP contribution in [0.1, 0.15) is 5.56 Å². The van der Waals surface area contributed by atoms with Gasteiger partial charge in [-0.1, -0.05) is 17.7 Å². The van der Waals surface area contributed by atoms with Crippen molar-refractivity contribution in [1.29, 1.82) is 0 Å². The van der Waals surface area contributed by atoms with Crippen molar-refractivity contribution >= 4 is 15.7 Å². The van der Waals surface area contributed by atoms with Gasteiger partial charge in [-0.2, -0.15) is 0 Å². The number of ether oxygens (including phenoxy) is 1. The lowest BCUT2D eigenvalue weighted by molar-refractivity contribution is 0.315. The van der Waals surface area contributed by atoms with E-state index in [1.54, 1.807) is 36.5 Å². The van der Waals surface area contributed by atoms with Crippen LogP contribution in [0.4, 0.5) is 5.69 Å². The third-order valence-corrected chi connectivity index (χ3v) is 5.02. The number of anilines is 1. The van der Waals surface area contributed by atoms with Gasteiger partial charge in [0.05, 0.1) is 17.6 Å². The molecule has 0 fully saturated rings. The number of hydrogen-bond donors (Lipinski definition) is 0. The van der Waals surface area contributed by atoms with Gasteiger partial charge in [0.25, 0.3) is 10.0 Å². The predicted molar refractivity (Wildman–Crippen MR) is 75.4 cm³/mol. The molecule has 0 aliphatic carbocycles. The first-order valence-electron chi connectivity index (χ1n) is 6.25. The molecular formula is C14H14N2O3S. The number of aromatic nitrogens is 1. The van der Waals surface area contributed by atoms with Crippen LogP contribution in [0.2, 0.25) is 0 Å². The number of sulfonamides is 1. The molecule has 0 atom stereocenters. The number of fused-ring (bicyclic) bond motifs is 1. The fourth-order valence-corrected chi connectivity index (χ4v) is 3.57. The van der Waals surface area contributed by atoms with Crippen LogP contribution in [0.25, 0.3) is 0 Å². The molecule has 0 saturated heterocycles. The van der Waals surface area contributed by atoms with Gasteiger partial charge in [0.15, 0.2) is 0 Å². The summed E-state index contributed by atoms with van der Waals surface area (Å²) in [5, 5.41) is 0. The maximum Gasteiger partial charge on any atom is 0.264 e. The van der Waals surface area contributed by atoms with Crippen LogP contribution in [0, 0.1) is 6.92 Å². The van der Waals surface area contributed by atoms with Gasteiger partial charge in [-0.05, 0) is 19.1 Å². The van der Waals surface area contributed by atoms with Gasteiger partial charge in [-0.15, -0.1) is 0 Å². The second kappa shape index (κ2) is 4.79. The number of nitrogens with zero attached hydrogens (tertiary/aromatic N) is 2. The monoisotopic (exact) mass is 290 g/mol. The third kappa shape index (κ3) is 2.12. The Balaban J connectivity index is 2.07. The van der Waals surface area contributed by atoms with E-state index >= 15 is 0 Å². The molecule has 20 heavy (non-hydrogen) atoms. The number of hydrogen-bond acceptors (Lipinski definition) is 4. The highest BCUT2D eigenvalue weighted by molar-refractivity contribution is 7.92. The highest BCUT2D eigenvalue weighted by Crippen LogP contribution is 2.34. The minimum atomic E-state index is -3.58. The molecule has 104 valence electrons. The molecule has 0 unspecified atom stereocenters. The molecule has 1 aromatic heterocycles. The second-order valence-electron chi connectivity index (χ2n) is 4.58. The summed E-state index contributed by atoms with van der Waals surface area (Å²) in [6.07, 6.45) is 3.10. The molecule has 2 aromatic rings. The van der Waals surface area contributed by atoms with E-state index in [2.05, 4.69) is 4.98 Å². The fraction of sp³-hybridized carbons (Fsp3) is 0.214. The van der Waals surface area contributed by atoms with E-state index in [1.165, 1.54) is 10.5 Å². The van der Waals surface area contributed by atoms with Gasteiger partial charge >= 0.3 is 0 Å². The largest absolute Gasteiger partial charge is 0.489 e. The van der Waals surface area contributed by atoms with Crippen molar-refractivity contribution < 1.29 is 13.2 Å². The molecule has 1 aliphatic rings. The average molecular weight is 290 g/mol. The first-order valence-corrected chi connectivity index (χ1v) is 7.69. The average Bonchev–Trinajstić information content (AvgIpc) is 2.47. The summed E-state index contributed by atoms with van der Waals surface area (Å²) in [6, 6.07) is 8.49. The number of pyridine rings is 1. The summed E-state index contributed by atoms with van der Waals surface area (Å²) >= 11 is 0. The summed E-state index contributed by atoms with van der Waals surface area (Å²) in [6.45, 7) is 2.54. The Morgan fingerprint density at radius 2 is 1.95 bits per heavy atom. The summed E-state index contributed by atoms with van der Waals surface area (Å²) in [4.78, 5) is 4.26. The van der Waals surface area contributed by atoms with Crippen LogP contribution < -0.4 is 9.04 Å². The van der Waals surface area contributed by atoms with Crippen LogP contribution in [0.3, 0.4) is 0 Å². The van der Waals surface area contributed by atoms with Gasteiger partial charge in [-0.3, -0.25) is 9.29 Å². The Bertz CT molecular complexity index is 726. The maximum absolute atomic E-state index is 12.7. The van der Waals surface area contributed by atoms with E-state index < -0.39 is 10.0 Å². The zero-order valence-corrected chi connectivity index (χ0v) is 11.8.